The average Bonchev–Trinajstić information content (AvgIpc) is 3.55. The van der Waals surface area contributed by atoms with Crippen LogP contribution in [0.2, 0.25) is 0 Å². The van der Waals surface area contributed by atoms with Gasteiger partial charge in [0.2, 0.25) is 0 Å². The molecule has 0 atom stereocenters. The molecule has 0 saturated carbocycles. The first-order valence-corrected chi connectivity index (χ1v) is 12.4. The Morgan fingerprint density at radius 2 is 1.18 bits per heavy atom. The van der Waals surface area contributed by atoms with Crippen molar-refractivity contribution in [2.24, 2.45) is 0 Å². The molecular formula is C27H29N5O6. The van der Waals surface area contributed by atoms with Crippen molar-refractivity contribution in [3.8, 4) is 0 Å². The van der Waals surface area contributed by atoms with E-state index in [9.17, 15) is 9.59 Å². The second kappa shape index (κ2) is 11.2. The van der Waals surface area contributed by atoms with Crippen LogP contribution in [0.4, 0.5) is 0 Å². The van der Waals surface area contributed by atoms with Gasteiger partial charge < -0.3 is 28.8 Å². The van der Waals surface area contributed by atoms with Crippen LogP contribution in [0.3, 0.4) is 0 Å². The molecule has 38 heavy (non-hydrogen) atoms. The summed E-state index contributed by atoms with van der Waals surface area (Å²) in [6.07, 6.45) is 7.02. The first-order chi connectivity index (χ1) is 18.6. The number of rotatable bonds is 12. The molecule has 2 amide bonds. The number of aromatic nitrogens is 4. The van der Waals surface area contributed by atoms with Crippen LogP contribution in [0.5, 0.6) is 0 Å². The Kier molecular flexibility index (Phi) is 7.61. The summed E-state index contributed by atoms with van der Waals surface area (Å²) in [5.74, 6) is -0.777. The number of pyridine rings is 2. The molecule has 0 aliphatic carbocycles. The van der Waals surface area contributed by atoms with Crippen molar-refractivity contribution in [2.45, 2.75) is 13.1 Å². The van der Waals surface area contributed by atoms with Gasteiger partial charge in [-0.2, -0.15) is 0 Å². The van der Waals surface area contributed by atoms with Gasteiger partial charge in [0, 0.05) is 66.8 Å². The molecule has 11 nitrogen and oxygen atoms in total. The van der Waals surface area contributed by atoms with Crippen molar-refractivity contribution in [1.29, 1.82) is 0 Å². The number of likely N-dealkylation sites (N-methyl/N-ethyl adjacent to an activating group) is 1. The van der Waals surface area contributed by atoms with Crippen LogP contribution in [-0.2, 0) is 32.2 Å². The molecule has 2 N–H and O–H groups in total. The maximum absolute atomic E-state index is 13.5. The van der Waals surface area contributed by atoms with Gasteiger partial charge in [0.05, 0.1) is 50.8 Å². The number of aliphatic hydroxyl groups is 2. The zero-order chi connectivity index (χ0) is 26.6. The van der Waals surface area contributed by atoms with E-state index in [1.807, 2.05) is 33.7 Å². The Bertz CT molecular complexity index is 1410. The van der Waals surface area contributed by atoms with Crippen LogP contribution in [0.15, 0.2) is 49.1 Å². The molecule has 1 aliphatic rings. The van der Waals surface area contributed by atoms with Gasteiger partial charge in [0.1, 0.15) is 11.3 Å². The third-order valence-corrected chi connectivity index (χ3v) is 6.52. The molecule has 198 valence electrons. The van der Waals surface area contributed by atoms with Crippen LogP contribution in [-0.4, -0.2) is 92.7 Å². The summed E-state index contributed by atoms with van der Waals surface area (Å²) in [5, 5.41) is 19.5. The van der Waals surface area contributed by atoms with Crippen LogP contribution in [0.1, 0.15) is 11.1 Å². The minimum atomic E-state index is -0.388. The van der Waals surface area contributed by atoms with Crippen molar-refractivity contribution in [2.75, 3.05) is 46.7 Å². The fraction of sp³-hybridized carbons (Fsp3) is 0.333. The normalized spacial score (nSPS) is 14.1. The number of carbonyl (C=O) groups excluding carboxylic acids is 2. The third-order valence-electron chi connectivity index (χ3n) is 6.52. The number of aliphatic hydroxyl groups excluding tert-OH is 2. The Labute approximate surface area is 218 Å². The lowest BCUT2D eigenvalue weighted by Gasteiger charge is -2.06. The highest BCUT2D eigenvalue weighted by atomic mass is 16.5. The van der Waals surface area contributed by atoms with E-state index >= 15 is 0 Å². The number of nitrogens with zero attached hydrogens (tertiary/aromatic N) is 5. The molecular weight excluding hydrogens is 490 g/mol. The smallest absolute Gasteiger partial charge is 0.261 e. The predicted molar refractivity (Wildman–Crippen MR) is 140 cm³/mol. The van der Waals surface area contributed by atoms with Crippen LogP contribution >= 0.6 is 0 Å². The van der Waals surface area contributed by atoms with Gasteiger partial charge in [-0.15, -0.1) is 0 Å². The highest BCUT2D eigenvalue weighted by Gasteiger charge is 2.39. The van der Waals surface area contributed by atoms with Gasteiger partial charge in [0.25, 0.3) is 11.8 Å². The van der Waals surface area contributed by atoms with Gasteiger partial charge in [-0.3, -0.25) is 14.5 Å². The molecule has 0 unspecified atom stereocenters. The van der Waals surface area contributed by atoms with Crippen molar-refractivity contribution in [1.82, 2.24) is 24.0 Å². The monoisotopic (exact) mass is 519 g/mol. The number of fused-ring (bicyclic) bond motifs is 2. The zero-order valence-electron chi connectivity index (χ0n) is 21.0. The highest BCUT2D eigenvalue weighted by Crippen LogP contribution is 2.40. The number of carbonyl (C=O) groups is 2. The molecule has 4 aromatic heterocycles. The quantitative estimate of drug-likeness (QED) is 0.212. The minimum absolute atomic E-state index is 0.0643. The molecule has 5 heterocycles. The van der Waals surface area contributed by atoms with E-state index in [4.69, 9.17) is 19.7 Å². The van der Waals surface area contributed by atoms with Gasteiger partial charge in [0.15, 0.2) is 0 Å². The largest absolute Gasteiger partial charge is 0.394 e. The van der Waals surface area contributed by atoms with E-state index < -0.39 is 0 Å². The Morgan fingerprint density at radius 1 is 0.737 bits per heavy atom. The standard InChI is InChI=1S/C27H29N5O6/c1-30-26(35)22(20-16-31(8-12-37-14-10-33)24-18(20)4-2-6-28-24)23(27(30)36)21-17-32(9-13-38-15-11-34)25-19(21)5-3-7-29-25/h2-7,16-17,33-34H,8-15H2,1H3. The molecule has 0 aromatic carbocycles. The molecule has 5 rings (SSSR count). The number of imide groups is 1. The SMILES string of the molecule is CN1C(=O)C(c2cn(CCOCCO)c3ncccc23)=C(c2cn(CCOCCO)c3ncccc23)C1=O. The van der Waals surface area contributed by atoms with Crippen molar-refractivity contribution >= 4 is 45.0 Å². The van der Waals surface area contributed by atoms with Crippen LogP contribution in [0.25, 0.3) is 33.2 Å². The fourth-order valence-corrected chi connectivity index (χ4v) is 4.78. The molecule has 0 spiro atoms. The third kappa shape index (κ3) is 4.61. The Morgan fingerprint density at radius 3 is 1.61 bits per heavy atom. The maximum atomic E-state index is 13.5. The number of ether oxygens (including phenoxy) is 2. The van der Waals surface area contributed by atoms with E-state index in [1.54, 1.807) is 24.5 Å². The molecule has 11 heteroatoms. The van der Waals surface area contributed by atoms with E-state index in [-0.39, 0.29) is 38.2 Å². The summed E-state index contributed by atoms with van der Waals surface area (Å²) in [5.41, 5.74) is 3.19. The first kappa shape index (κ1) is 25.7. The molecule has 1 aliphatic heterocycles. The highest BCUT2D eigenvalue weighted by molar-refractivity contribution is 6.50. The molecule has 0 bridgehead atoms. The average molecular weight is 520 g/mol. The molecule has 0 fully saturated rings. The van der Waals surface area contributed by atoms with Gasteiger partial charge >= 0.3 is 0 Å². The Balaban J connectivity index is 1.65. The minimum Gasteiger partial charge on any atom is -0.394 e. The van der Waals surface area contributed by atoms with Crippen molar-refractivity contribution < 1.29 is 29.3 Å². The summed E-state index contributed by atoms with van der Waals surface area (Å²) in [6, 6.07) is 7.36. The van der Waals surface area contributed by atoms with Crippen LogP contribution in [0, 0.1) is 0 Å². The molecule has 4 aromatic rings. The van der Waals surface area contributed by atoms with Crippen molar-refractivity contribution in [3.05, 3.63) is 60.2 Å². The van der Waals surface area contributed by atoms with E-state index in [1.165, 1.54) is 7.05 Å². The van der Waals surface area contributed by atoms with Crippen LogP contribution < -0.4 is 0 Å². The number of amides is 2. The summed E-state index contributed by atoms with van der Waals surface area (Å²) >= 11 is 0. The van der Waals surface area contributed by atoms with E-state index in [0.29, 0.717) is 59.9 Å². The molecule has 0 saturated heterocycles. The van der Waals surface area contributed by atoms with E-state index in [2.05, 4.69) is 9.97 Å². The summed E-state index contributed by atoms with van der Waals surface area (Å²) in [7, 11) is 1.48. The predicted octanol–water partition coefficient (Wildman–Crippen LogP) is 1.31. The van der Waals surface area contributed by atoms with Crippen molar-refractivity contribution in [3.63, 3.8) is 0 Å². The summed E-state index contributed by atoms with van der Waals surface area (Å²) < 4.78 is 14.7. The zero-order valence-corrected chi connectivity index (χ0v) is 21.0. The lowest BCUT2D eigenvalue weighted by Crippen LogP contribution is -2.26. The number of hydrogen-bond donors (Lipinski definition) is 2. The van der Waals surface area contributed by atoms with Gasteiger partial charge in [-0.1, -0.05) is 0 Å². The first-order valence-electron chi connectivity index (χ1n) is 12.4. The summed E-state index contributed by atoms with van der Waals surface area (Å²) in [4.78, 5) is 37.2. The lowest BCUT2D eigenvalue weighted by atomic mass is 9.96. The fourth-order valence-electron chi connectivity index (χ4n) is 4.78. The lowest BCUT2D eigenvalue weighted by molar-refractivity contribution is -0.134. The second-order valence-electron chi connectivity index (χ2n) is 8.81. The summed E-state index contributed by atoms with van der Waals surface area (Å²) in [6.45, 7) is 1.98. The number of hydrogen-bond acceptors (Lipinski definition) is 8. The van der Waals surface area contributed by atoms with E-state index in [0.717, 1.165) is 15.7 Å². The second-order valence-corrected chi connectivity index (χ2v) is 8.81. The Hall–Kier alpha value is -3.90. The molecule has 0 radical (unpaired) electrons. The maximum Gasteiger partial charge on any atom is 0.261 e. The topological polar surface area (TPSA) is 132 Å². The van der Waals surface area contributed by atoms with Gasteiger partial charge in [-0.25, -0.2) is 9.97 Å². The van der Waals surface area contributed by atoms with Gasteiger partial charge in [-0.05, 0) is 24.3 Å².